The van der Waals surface area contributed by atoms with Gasteiger partial charge in [0.15, 0.2) is 0 Å². The highest BCUT2D eigenvalue weighted by Gasteiger charge is 2.28. The minimum Gasteiger partial charge on any atom is -0.496 e. The van der Waals surface area contributed by atoms with Crippen molar-refractivity contribution in [1.29, 1.82) is 0 Å². The Labute approximate surface area is 239 Å². The van der Waals surface area contributed by atoms with E-state index >= 15 is 0 Å². The Bertz CT molecular complexity index is 1680. The van der Waals surface area contributed by atoms with E-state index in [1.54, 1.807) is 18.4 Å². The van der Waals surface area contributed by atoms with Crippen molar-refractivity contribution in [3.05, 3.63) is 53.6 Å². The van der Waals surface area contributed by atoms with Crippen molar-refractivity contribution in [2.45, 2.75) is 45.6 Å². The summed E-state index contributed by atoms with van der Waals surface area (Å²) in [6, 6.07) is 14.5. The summed E-state index contributed by atoms with van der Waals surface area (Å²) < 4.78 is 38.1. The van der Waals surface area contributed by atoms with E-state index in [1.807, 2.05) is 17.0 Å². The molecule has 40 heavy (non-hydrogen) atoms. The number of thiophene rings is 1. The van der Waals surface area contributed by atoms with Crippen molar-refractivity contribution in [3.63, 3.8) is 0 Å². The lowest BCUT2D eigenvalue weighted by Gasteiger charge is -2.31. The predicted octanol–water partition coefficient (Wildman–Crippen LogP) is 6.33. The molecule has 0 radical (unpaired) electrons. The third-order valence-electron chi connectivity index (χ3n) is 8.10. The molecule has 1 amide bonds. The van der Waals surface area contributed by atoms with Crippen molar-refractivity contribution in [2.24, 2.45) is 11.8 Å². The van der Waals surface area contributed by atoms with Gasteiger partial charge in [0.1, 0.15) is 5.75 Å². The molecule has 3 heterocycles. The Kier molecular flexibility index (Phi) is 7.39. The first-order chi connectivity index (χ1) is 19.2. The van der Waals surface area contributed by atoms with Crippen LogP contribution in [0.2, 0.25) is 0 Å². The first kappa shape index (κ1) is 27.3. The van der Waals surface area contributed by atoms with Crippen molar-refractivity contribution in [3.8, 4) is 16.3 Å². The van der Waals surface area contributed by atoms with E-state index in [2.05, 4.69) is 41.8 Å². The molecule has 2 fully saturated rings. The normalized spacial score (nSPS) is 18.1. The first-order valence-electron chi connectivity index (χ1n) is 14.1. The molecule has 1 atom stereocenters. The maximum atomic E-state index is 13.6. The molecule has 2 aliphatic rings. The number of carbonyl (C=O) groups excluding carboxylic acids is 1. The maximum absolute atomic E-state index is 13.6. The van der Waals surface area contributed by atoms with Crippen LogP contribution in [0.4, 0.5) is 0 Å². The standard InChI is InChI=1S/C31H36N2O5S2/c1-20-7-6-13-32(18-20)31(34)23-16-27(37-2)29-24(12-14-38-40(3,35)36)30(39-28(29)17-23)26-15-22-8-4-5-9-25(22)33(26)19-21-10-11-21/h4-5,8-9,15-17,20-21H,6-7,10-14,18-19H2,1-3H3/t20-/m1/s1. The number of rotatable bonds is 9. The number of ether oxygens (including phenoxy) is 1. The van der Waals surface area contributed by atoms with Crippen LogP contribution in [0.1, 0.15) is 48.5 Å². The Morgan fingerprint density at radius 3 is 2.65 bits per heavy atom. The molecule has 1 saturated heterocycles. The molecule has 2 aromatic carbocycles. The fourth-order valence-corrected chi connectivity index (χ4v) is 7.71. The van der Waals surface area contributed by atoms with Gasteiger partial charge in [0.25, 0.3) is 16.0 Å². The number of aromatic nitrogens is 1. The number of hydrogen-bond donors (Lipinski definition) is 0. The topological polar surface area (TPSA) is 77.8 Å². The third kappa shape index (κ3) is 5.51. The summed E-state index contributed by atoms with van der Waals surface area (Å²) in [5.41, 5.74) is 3.93. The molecule has 1 aliphatic heterocycles. The number of fused-ring (bicyclic) bond motifs is 2. The van der Waals surface area contributed by atoms with E-state index in [0.717, 1.165) is 65.0 Å². The Hall–Kier alpha value is -2.88. The molecule has 0 N–H and O–H groups in total. The summed E-state index contributed by atoms with van der Waals surface area (Å²) in [5, 5.41) is 2.10. The van der Waals surface area contributed by atoms with E-state index in [-0.39, 0.29) is 12.5 Å². The minimum atomic E-state index is -3.58. The molecule has 1 aliphatic carbocycles. The fraction of sp³-hybridized carbons (Fsp3) is 0.452. The van der Waals surface area contributed by atoms with Crippen LogP contribution < -0.4 is 4.74 Å². The Balaban J connectivity index is 1.50. The molecule has 4 aromatic rings. The largest absolute Gasteiger partial charge is 0.496 e. The molecule has 212 valence electrons. The van der Waals surface area contributed by atoms with Crippen LogP contribution >= 0.6 is 11.3 Å². The lowest BCUT2D eigenvalue weighted by molar-refractivity contribution is 0.0683. The number of hydrogen-bond acceptors (Lipinski definition) is 6. The molecule has 0 unspecified atom stereocenters. The van der Waals surface area contributed by atoms with Gasteiger partial charge in [-0.2, -0.15) is 8.42 Å². The van der Waals surface area contributed by atoms with Gasteiger partial charge in [-0.05, 0) is 73.8 Å². The zero-order chi connectivity index (χ0) is 28.0. The van der Waals surface area contributed by atoms with Crippen LogP contribution in [0, 0.1) is 11.8 Å². The number of benzene rings is 2. The summed E-state index contributed by atoms with van der Waals surface area (Å²) in [7, 11) is -1.95. The zero-order valence-corrected chi connectivity index (χ0v) is 24.9. The van der Waals surface area contributed by atoms with E-state index < -0.39 is 10.1 Å². The van der Waals surface area contributed by atoms with Gasteiger partial charge >= 0.3 is 0 Å². The molecule has 7 nitrogen and oxygen atoms in total. The van der Waals surface area contributed by atoms with E-state index in [9.17, 15) is 13.2 Å². The number of para-hydroxylation sites is 1. The maximum Gasteiger partial charge on any atom is 0.264 e. The molecule has 0 spiro atoms. The van der Waals surface area contributed by atoms with E-state index in [0.29, 0.717) is 29.6 Å². The van der Waals surface area contributed by atoms with Crippen molar-refractivity contribution < 1.29 is 22.1 Å². The summed E-state index contributed by atoms with van der Waals surface area (Å²) in [6.45, 7) is 4.72. The highest BCUT2D eigenvalue weighted by Crippen LogP contribution is 2.46. The van der Waals surface area contributed by atoms with Gasteiger partial charge in [0.05, 0.1) is 30.5 Å². The van der Waals surface area contributed by atoms with Gasteiger partial charge < -0.3 is 14.2 Å². The molecule has 0 bridgehead atoms. The average Bonchev–Trinajstić information content (AvgIpc) is 3.58. The van der Waals surface area contributed by atoms with Gasteiger partial charge in [-0.15, -0.1) is 11.3 Å². The number of amides is 1. The first-order valence-corrected chi connectivity index (χ1v) is 16.7. The quantitative estimate of drug-likeness (QED) is 0.216. The van der Waals surface area contributed by atoms with Crippen molar-refractivity contribution in [2.75, 3.05) is 33.1 Å². The van der Waals surface area contributed by atoms with Crippen LogP contribution in [0.15, 0.2) is 42.5 Å². The monoisotopic (exact) mass is 580 g/mol. The number of likely N-dealkylation sites (tertiary alicyclic amines) is 1. The second-order valence-electron chi connectivity index (χ2n) is 11.4. The lowest BCUT2D eigenvalue weighted by Crippen LogP contribution is -2.39. The summed E-state index contributed by atoms with van der Waals surface area (Å²) in [6.07, 6.45) is 6.12. The van der Waals surface area contributed by atoms with Gasteiger partial charge in [-0.1, -0.05) is 25.1 Å². The summed E-state index contributed by atoms with van der Waals surface area (Å²) in [4.78, 5) is 16.6. The number of methoxy groups -OCH3 is 1. The number of carbonyl (C=O) groups is 1. The summed E-state index contributed by atoms with van der Waals surface area (Å²) >= 11 is 1.64. The number of nitrogens with zero attached hydrogens (tertiary/aromatic N) is 2. The Morgan fingerprint density at radius 2 is 1.93 bits per heavy atom. The van der Waals surface area contributed by atoms with E-state index in [1.165, 1.54) is 23.7 Å². The van der Waals surface area contributed by atoms with Crippen molar-refractivity contribution >= 4 is 48.4 Å². The molecular weight excluding hydrogens is 544 g/mol. The van der Waals surface area contributed by atoms with Gasteiger partial charge in [0.2, 0.25) is 0 Å². The highest BCUT2D eigenvalue weighted by molar-refractivity contribution is 7.85. The minimum absolute atomic E-state index is 0.0338. The zero-order valence-electron chi connectivity index (χ0n) is 23.3. The average molecular weight is 581 g/mol. The van der Waals surface area contributed by atoms with Crippen LogP contribution in [0.3, 0.4) is 0 Å². The molecular formula is C31H36N2O5S2. The Morgan fingerprint density at radius 1 is 1.12 bits per heavy atom. The van der Waals surface area contributed by atoms with Crippen LogP contribution in [-0.4, -0.2) is 56.9 Å². The molecule has 2 aromatic heterocycles. The van der Waals surface area contributed by atoms with Crippen LogP contribution in [0.5, 0.6) is 5.75 Å². The van der Waals surface area contributed by atoms with E-state index in [4.69, 9.17) is 8.92 Å². The van der Waals surface area contributed by atoms with Gasteiger partial charge in [-0.3, -0.25) is 8.98 Å². The van der Waals surface area contributed by atoms with Crippen LogP contribution in [-0.2, 0) is 27.3 Å². The second-order valence-corrected chi connectivity index (χ2v) is 14.1. The molecule has 9 heteroatoms. The lowest BCUT2D eigenvalue weighted by atomic mass is 9.99. The number of piperidine rings is 1. The predicted molar refractivity (Wildman–Crippen MR) is 161 cm³/mol. The molecule has 6 rings (SSSR count). The van der Waals surface area contributed by atoms with Crippen molar-refractivity contribution in [1.82, 2.24) is 9.47 Å². The van der Waals surface area contributed by atoms with Gasteiger partial charge in [-0.25, -0.2) is 0 Å². The second kappa shape index (κ2) is 10.8. The molecule has 1 saturated carbocycles. The summed E-state index contributed by atoms with van der Waals surface area (Å²) in [5.74, 6) is 1.83. The van der Waals surface area contributed by atoms with Gasteiger partial charge in [0, 0.05) is 46.2 Å². The fourth-order valence-electron chi connectivity index (χ4n) is 5.99. The van der Waals surface area contributed by atoms with Crippen LogP contribution in [0.25, 0.3) is 31.6 Å². The third-order valence-corrected chi connectivity index (χ3v) is 9.89. The smallest absolute Gasteiger partial charge is 0.264 e. The highest BCUT2D eigenvalue weighted by atomic mass is 32.2. The SMILES string of the molecule is COc1cc(C(=O)N2CCC[C@@H](C)C2)cc2sc(-c3cc4ccccc4n3CC3CC3)c(CCOS(C)(=O)=O)c12.